The van der Waals surface area contributed by atoms with Gasteiger partial charge in [0.05, 0.1) is 7.11 Å². The molecule has 1 atom stereocenters. The van der Waals surface area contributed by atoms with E-state index in [4.69, 9.17) is 0 Å². The molecule has 4 heteroatoms. The number of carbonyl (C=O) groups is 2. The fraction of sp³-hybridized carbons (Fsp3) is 0.818. The van der Waals surface area contributed by atoms with Crippen molar-refractivity contribution < 1.29 is 14.3 Å². The molecule has 0 aromatic rings. The quantitative estimate of drug-likeness (QED) is 0.647. The van der Waals surface area contributed by atoms with E-state index in [-0.39, 0.29) is 18.2 Å². The Labute approximate surface area is 91.4 Å². The molecule has 0 aliphatic heterocycles. The predicted molar refractivity (Wildman–Crippen MR) is 58.6 cm³/mol. The summed E-state index contributed by atoms with van der Waals surface area (Å²) >= 11 is 0. The Hall–Kier alpha value is -0.900. The van der Waals surface area contributed by atoms with E-state index in [1.165, 1.54) is 14.0 Å². The minimum Gasteiger partial charge on any atom is -0.468 e. The molecular weight excluding hydrogens is 194 g/mol. The lowest BCUT2D eigenvalue weighted by atomic mass is 10.1. The summed E-state index contributed by atoms with van der Waals surface area (Å²) < 4.78 is 4.62. The third-order valence-corrected chi connectivity index (χ3v) is 2.09. The topological polar surface area (TPSA) is 55.4 Å². The highest BCUT2D eigenvalue weighted by Crippen LogP contribution is 2.00. The zero-order valence-electron chi connectivity index (χ0n) is 10.0. The molecule has 1 unspecified atom stereocenters. The van der Waals surface area contributed by atoms with Gasteiger partial charge in [0.25, 0.3) is 0 Å². The van der Waals surface area contributed by atoms with E-state index in [1.54, 1.807) is 0 Å². The second-order valence-electron chi connectivity index (χ2n) is 4.12. The van der Waals surface area contributed by atoms with Crippen LogP contribution in [0.4, 0.5) is 0 Å². The van der Waals surface area contributed by atoms with E-state index in [2.05, 4.69) is 23.9 Å². The highest BCUT2D eigenvalue weighted by molar-refractivity contribution is 5.85. The first kappa shape index (κ1) is 14.1. The van der Waals surface area contributed by atoms with Crippen molar-refractivity contribution in [3.05, 3.63) is 0 Å². The first-order valence-corrected chi connectivity index (χ1v) is 5.28. The Morgan fingerprint density at radius 3 is 2.33 bits per heavy atom. The number of ether oxygens (including phenoxy) is 1. The van der Waals surface area contributed by atoms with E-state index in [1.807, 2.05) is 0 Å². The van der Waals surface area contributed by atoms with Gasteiger partial charge in [0, 0.05) is 6.42 Å². The van der Waals surface area contributed by atoms with Crippen LogP contribution in [0.5, 0.6) is 0 Å². The highest BCUT2D eigenvalue weighted by atomic mass is 16.5. The van der Waals surface area contributed by atoms with E-state index in [0.717, 1.165) is 13.0 Å². The van der Waals surface area contributed by atoms with Crippen molar-refractivity contribution in [2.45, 2.75) is 39.7 Å². The second kappa shape index (κ2) is 7.40. The first-order valence-electron chi connectivity index (χ1n) is 5.28. The number of carbonyl (C=O) groups excluding carboxylic acids is 2. The summed E-state index contributed by atoms with van der Waals surface area (Å²) in [7, 11) is 1.33. The van der Waals surface area contributed by atoms with Crippen LogP contribution in [0.1, 0.15) is 33.6 Å². The Balaban J connectivity index is 4.01. The average molecular weight is 215 g/mol. The number of hydrogen-bond donors (Lipinski definition) is 1. The van der Waals surface area contributed by atoms with E-state index >= 15 is 0 Å². The van der Waals surface area contributed by atoms with Crippen LogP contribution in [0.25, 0.3) is 0 Å². The zero-order chi connectivity index (χ0) is 11.8. The van der Waals surface area contributed by atoms with Gasteiger partial charge in [-0.25, -0.2) is 0 Å². The summed E-state index contributed by atoms with van der Waals surface area (Å²) in [4.78, 5) is 22.2. The summed E-state index contributed by atoms with van der Waals surface area (Å²) in [6.45, 7) is 6.42. The molecule has 4 nitrogen and oxygen atoms in total. The smallest absolute Gasteiger partial charge is 0.323 e. The number of hydrogen-bond acceptors (Lipinski definition) is 4. The van der Waals surface area contributed by atoms with Crippen LogP contribution in [0, 0.1) is 5.92 Å². The van der Waals surface area contributed by atoms with Gasteiger partial charge < -0.3 is 10.1 Å². The average Bonchev–Trinajstić information content (AvgIpc) is 2.14. The molecular formula is C11H21NO3. The van der Waals surface area contributed by atoms with Crippen molar-refractivity contribution in [3.63, 3.8) is 0 Å². The molecule has 0 rings (SSSR count). The minimum absolute atomic E-state index is 0.0116. The molecule has 1 N–H and O–H groups in total. The Morgan fingerprint density at radius 2 is 1.93 bits per heavy atom. The van der Waals surface area contributed by atoms with Gasteiger partial charge in [-0.2, -0.15) is 0 Å². The molecule has 0 heterocycles. The maximum Gasteiger partial charge on any atom is 0.323 e. The standard InChI is InChI=1S/C11H21NO3/c1-8(2)5-6-12-10(7-9(3)13)11(14)15-4/h8,10,12H,5-7H2,1-4H3. The largest absolute Gasteiger partial charge is 0.468 e. The van der Waals surface area contributed by atoms with Crippen LogP contribution in [-0.2, 0) is 14.3 Å². The van der Waals surface area contributed by atoms with E-state index in [0.29, 0.717) is 5.92 Å². The van der Waals surface area contributed by atoms with Gasteiger partial charge in [-0.3, -0.25) is 9.59 Å². The maximum atomic E-state index is 11.3. The number of rotatable bonds is 7. The molecule has 0 saturated carbocycles. The summed E-state index contributed by atoms with van der Waals surface area (Å²) in [5.41, 5.74) is 0. The van der Waals surface area contributed by atoms with Crippen LogP contribution < -0.4 is 5.32 Å². The van der Waals surface area contributed by atoms with Crippen molar-refractivity contribution >= 4 is 11.8 Å². The van der Waals surface area contributed by atoms with Gasteiger partial charge in [-0.1, -0.05) is 13.8 Å². The van der Waals surface area contributed by atoms with Crippen molar-refractivity contribution in [1.29, 1.82) is 0 Å². The van der Waals surface area contributed by atoms with E-state index in [9.17, 15) is 9.59 Å². The summed E-state index contributed by atoms with van der Waals surface area (Å²) in [5.74, 6) is 0.199. The second-order valence-corrected chi connectivity index (χ2v) is 4.12. The third-order valence-electron chi connectivity index (χ3n) is 2.09. The molecule has 0 aromatic heterocycles. The van der Waals surface area contributed by atoms with Crippen molar-refractivity contribution in [2.24, 2.45) is 5.92 Å². The molecule has 0 aliphatic rings. The molecule has 15 heavy (non-hydrogen) atoms. The Kier molecular flexibility index (Phi) is 6.96. The SMILES string of the molecule is COC(=O)C(CC(C)=O)NCCC(C)C. The van der Waals surface area contributed by atoms with Gasteiger partial charge in [0.15, 0.2) is 0 Å². The fourth-order valence-electron chi connectivity index (χ4n) is 1.21. The molecule has 0 bridgehead atoms. The van der Waals surface area contributed by atoms with Crippen LogP contribution in [-0.4, -0.2) is 31.4 Å². The maximum absolute atomic E-state index is 11.3. The number of esters is 1. The normalized spacial score (nSPS) is 12.6. The Bertz CT molecular complexity index is 214. The number of Topliss-reactive ketones (excluding diaryl/α,β-unsaturated/α-hetero) is 1. The predicted octanol–water partition coefficient (Wildman–Crippen LogP) is 1.14. The van der Waals surface area contributed by atoms with Crippen molar-refractivity contribution in [1.82, 2.24) is 5.32 Å². The number of ketones is 1. The molecule has 88 valence electrons. The Morgan fingerprint density at radius 1 is 1.33 bits per heavy atom. The zero-order valence-corrected chi connectivity index (χ0v) is 10.0. The summed E-state index contributed by atoms with van der Waals surface area (Å²) in [6, 6.07) is -0.494. The minimum atomic E-state index is -0.494. The van der Waals surface area contributed by atoms with Gasteiger partial charge >= 0.3 is 5.97 Å². The van der Waals surface area contributed by atoms with Crippen molar-refractivity contribution in [3.8, 4) is 0 Å². The third kappa shape index (κ3) is 7.08. The number of methoxy groups -OCH3 is 1. The molecule has 0 spiro atoms. The lowest BCUT2D eigenvalue weighted by molar-refractivity contribution is -0.144. The lowest BCUT2D eigenvalue weighted by Gasteiger charge is -2.15. The molecule has 0 aliphatic carbocycles. The highest BCUT2D eigenvalue weighted by Gasteiger charge is 2.19. The number of nitrogens with one attached hydrogen (secondary N) is 1. The first-order chi connectivity index (χ1) is 6.97. The molecule has 0 amide bonds. The fourth-order valence-corrected chi connectivity index (χ4v) is 1.21. The summed E-state index contributed by atoms with van der Waals surface area (Å²) in [5, 5.41) is 3.04. The van der Waals surface area contributed by atoms with Crippen LogP contribution >= 0.6 is 0 Å². The van der Waals surface area contributed by atoms with Gasteiger partial charge in [-0.05, 0) is 25.8 Å². The van der Waals surface area contributed by atoms with Crippen molar-refractivity contribution in [2.75, 3.05) is 13.7 Å². The molecule has 0 saturated heterocycles. The van der Waals surface area contributed by atoms with Gasteiger partial charge in [0.1, 0.15) is 11.8 Å². The van der Waals surface area contributed by atoms with Gasteiger partial charge in [-0.15, -0.1) is 0 Å². The summed E-state index contributed by atoms with van der Waals surface area (Å²) in [6.07, 6.45) is 1.18. The van der Waals surface area contributed by atoms with E-state index < -0.39 is 6.04 Å². The van der Waals surface area contributed by atoms with Crippen LogP contribution in [0.15, 0.2) is 0 Å². The molecule has 0 aromatic carbocycles. The lowest BCUT2D eigenvalue weighted by Crippen LogP contribution is -2.39. The van der Waals surface area contributed by atoms with Crippen LogP contribution in [0.2, 0.25) is 0 Å². The van der Waals surface area contributed by atoms with Crippen LogP contribution in [0.3, 0.4) is 0 Å². The molecule has 0 radical (unpaired) electrons. The van der Waals surface area contributed by atoms with Gasteiger partial charge in [0.2, 0.25) is 0 Å². The monoisotopic (exact) mass is 215 g/mol. The molecule has 0 fully saturated rings.